The van der Waals surface area contributed by atoms with Gasteiger partial charge in [-0.05, 0) is 50.4 Å². The minimum atomic E-state index is 0.833. The summed E-state index contributed by atoms with van der Waals surface area (Å²) in [5, 5.41) is 3.67. The van der Waals surface area contributed by atoms with E-state index in [9.17, 15) is 0 Å². The van der Waals surface area contributed by atoms with E-state index in [0.29, 0.717) is 0 Å². The Morgan fingerprint density at radius 2 is 1.82 bits per heavy atom. The third kappa shape index (κ3) is 0.868. The van der Waals surface area contributed by atoms with E-state index in [1.54, 1.807) is 12.8 Å². The zero-order chi connectivity index (χ0) is 7.42. The molecular weight excluding hydrogens is 134 g/mol. The maximum atomic E-state index is 3.67. The Morgan fingerprint density at radius 3 is 2.36 bits per heavy atom. The van der Waals surface area contributed by atoms with E-state index >= 15 is 0 Å². The van der Waals surface area contributed by atoms with Gasteiger partial charge >= 0.3 is 0 Å². The Hall–Kier alpha value is -0.0400. The summed E-state index contributed by atoms with van der Waals surface area (Å²) in [6.07, 6.45) is 6.07. The lowest BCUT2D eigenvalue weighted by Gasteiger charge is -2.27. The summed E-state index contributed by atoms with van der Waals surface area (Å²) in [4.78, 5) is 0. The van der Waals surface area contributed by atoms with Crippen LogP contribution in [0.3, 0.4) is 0 Å². The van der Waals surface area contributed by atoms with Crippen molar-refractivity contribution in [2.24, 2.45) is 17.8 Å². The molecule has 4 atom stereocenters. The van der Waals surface area contributed by atoms with Gasteiger partial charge < -0.3 is 5.32 Å². The first-order valence-corrected chi connectivity index (χ1v) is 5.10. The molecule has 3 fully saturated rings. The molecule has 1 N–H and O–H groups in total. The van der Waals surface area contributed by atoms with E-state index in [1.165, 1.54) is 12.8 Å². The first kappa shape index (κ1) is 6.47. The third-order valence-electron chi connectivity index (χ3n) is 4.03. The van der Waals surface area contributed by atoms with Gasteiger partial charge in [-0.25, -0.2) is 0 Å². The fourth-order valence-corrected chi connectivity index (χ4v) is 3.38. The number of piperidine rings is 1. The fraction of sp³-hybridized carbons (Fsp3) is 1.00. The normalized spacial score (nSPS) is 55.4. The molecule has 0 amide bonds. The van der Waals surface area contributed by atoms with E-state index in [4.69, 9.17) is 0 Å². The molecule has 1 nitrogen and oxygen atoms in total. The molecule has 0 aromatic heterocycles. The van der Waals surface area contributed by atoms with Gasteiger partial charge in [0, 0.05) is 12.1 Å². The van der Waals surface area contributed by atoms with E-state index in [-0.39, 0.29) is 0 Å². The summed E-state index contributed by atoms with van der Waals surface area (Å²) in [5.41, 5.74) is 0. The van der Waals surface area contributed by atoms with Crippen LogP contribution in [-0.4, -0.2) is 12.1 Å². The lowest BCUT2D eigenvalue weighted by Crippen LogP contribution is -2.38. The lowest BCUT2D eigenvalue weighted by molar-refractivity contribution is 0.261. The highest BCUT2D eigenvalue weighted by molar-refractivity contribution is 5.03. The average molecular weight is 151 g/mol. The Balaban J connectivity index is 1.78. The summed E-state index contributed by atoms with van der Waals surface area (Å²) in [7, 11) is 0. The molecule has 2 saturated carbocycles. The molecule has 2 bridgehead atoms. The first-order valence-electron chi connectivity index (χ1n) is 5.10. The van der Waals surface area contributed by atoms with E-state index in [2.05, 4.69) is 12.2 Å². The van der Waals surface area contributed by atoms with Gasteiger partial charge in [-0.3, -0.25) is 0 Å². The van der Waals surface area contributed by atoms with Gasteiger partial charge in [0.05, 0.1) is 0 Å². The zero-order valence-electron chi connectivity index (χ0n) is 7.22. The molecule has 4 unspecified atom stereocenters. The predicted molar refractivity (Wildman–Crippen MR) is 45.3 cm³/mol. The van der Waals surface area contributed by atoms with E-state index in [0.717, 1.165) is 29.8 Å². The van der Waals surface area contributed by atoms with Crippen LogP contribution in [-0.2, 0) is 0 Å². The van der Waals surface area contributed by atoms with Crippen molar-refractivity contribution in [2.75, 3.05) is 0 Å². The Morgan fingerprint density at radius 1 is 1.09 bits per heavy atom. The summed E-state index contributed by atoms with van der Waals surface area (Å²) >= 11 is 0. The molecule has 3 rings (SSSR count). The lowest BCUT2D eigenvalue weighted by atomic mass is 9.86. The van der Waals surface area contributed by atoms with Crippen molar-refractivity contribution in [2.45, 2.75) is 44.7 Å². The zero-order valence-corrected chi connectivity index (χ0v) is 7.22. The number of rotatable bonds is 1. The standard InChI is InChI=1S/C10H17N/c1-6-9-4-8(11-6)5-10(9)7-2-3-7/h6-11H,2-5H2,1H3. The molecule has 1 aliphatic heterocycles. The summed E-state index contributed by atoms with van der Waals surface area (Å²) < 4.78 is 0. The van der Waals surface area contributed by atoms with Crippen LogP contribution in [0.15, 0.2) is 0 Å². The molecule has 1 saturated heterocycles. The second-order valence-electron chi connectivity index (χ2n) is 4.79. The van der Waals surface area contributed by atoms with Gasteiger partial charge in [0.1, 0.15) is 0 Å². The monoisotopic (exact) mass is 151 g/mol. The van der Waals surface area contributed by atoms with Crippen LogP contribution in [0.1, 0.15) is 32.6 Å². The van der Waals surface area contributed by atoms with Crippen molar-refractivity contribution in [1.82, 2.24) is 5.32 Å². The SMILES string of the molecule is CC1NC2CC(C3CC3)C1C2. The van der Waals surface area contributed by atoms with E-state index in [1.807, 2.05) is 0 Å². The molecule has 1 heteroatoms. The molecule has 0 aromatic rings. The molecule has 62 valence electrons. The van der Waals surface area contributed by atoms with Crippen molar-refractivity contribution in [3.63, 3.8) is 0 Å². The van der Waals surface area contributed by atoms with Gasteiger partial charge in [-0.15, -0.1) is 0 Å². The maximum Gasteiger partial charge on any atom is 0.00758 e. The quantitative estimate of drug-likeness (QED) is 0.602. The van der Waals surface area contributed by atoms with Crippen molar-refractivity contribution >= 4 is 0 Å². The Kier molecular flexibility index (Phi) is 1.18. The van der Waals surface area contributed by atoms with Crippen LogP contribution in [0, 0.1) is 17.8 Å². The van der Waals surface area contributed by atoms with Crippen LogP contribution in [0.25, 0.3) is 0 Å². The van der Waals surface area contributed by atoms with Crippen LogP contribution >= 0.6 is 0 Å². The largest absolute Gasteiger partial charge is 0.311 e. The second kappa shape index (κ2) is 2.01. The van der Waals surface area contributed by atoms with Crippen LogP contribution in [0.5, 0.6) is 0 Å². The highest BCUT2D eigenvalue weighted by Gasteiger charge is 2.49. The van der Waals surface area contributed by atoms with Crippen molar-refractivity contribution < 1.29 is 0 Å². The van der Waals surface area contributed by atoms with Gasteiger partial charge in [-0.2, -0.15) is 0 Å². The molecule has 0 radical (unpaired) electrons. The van der Waals surface area contributed by atoms with Crippen LogP contribution in [0.4, 0.5) is 0 Å². The maximum absolute atomic E-state index is 3.67. The number of hydrogen-bond donors (Lipinski definition) is 1. The highest BCUT2D eigenvalue weighted by Crippen LogP contribution is 2.51. The minimum absolute atomic E-state index is 0.833. The molecular formula is C10H17N. The van der Waals surface area contributed by atoms with Crippen LogP contribution < -0.4 is 5.32 Å². The van der Waals surface area contributed by atoms with Gasteiger partial charge in [-0.1, -0.05) is 0 Å². The molecule has 0 aromatic carbocycles. The van der Waals surface area contributed by atoms with Gasteiger partial charge in [0.2, 0.25) is 0 Å². The number of hydrogen-bond acceptors (Lipinski definition) is 1. The Bertz CT molecular complexity index is 174. The summed E-state index contributed by atoms with van der Waals surface area (Å²) in [6, 6.07) is 1.74. The average Bonchev–Trinajstić information content (AvgIpc) is 2.67. The third-order valence-corrected chi connectivity index (χ3v) is 4.03. The minimum Gasteiger partial charge on any atom is -0.311 e. The molecule has 3 aliphatic rings. The summed E-state index contributed by atoms with van der Waals surface area (Å²) in [5.74, 6) is 3.32. The molecule has 0 spiro atoms. The molecule has 1 heterocycles. The second-order valence-corrected chi connectivity index (χ2v) is 4.79. The van der Waals surface area contributed by atoms with Crippen molar-refractivity contribution in [3.05, 3.63) is 0 Å². The highest BCUT2D eigenvalue weighted by atomic mass is 15.0. The molecule has 11 heavy (non-hydrogen) atoms. The number of fused-ring (bicyclic) bond motifs is 2. The van der Waals surface area contributed by atoms with Crippen LogP contribution in [0.2, 0.25) is 0 Å². The smallest absolute Gasteiger partial charge is 0.00758 e. The van der Waals surface area contributed by atoms with Crippen molar-refractivity contribution in [3.8, 4) is 0 Å². The van der Waals surface area contributed by atoms with E-state index < -0.39 is 0 Å². The Labute approximate surface area is 68.6 Å². The molecule has 2 aliphatic carbocycles. The topological polar surface area (TPSA) is 12.0 Å². The predicted octanol–water partition coefficient (Wildman–Crippen LogP) is 1.78. The van der Waals surface area contributed by atoms with Gasteiger partial charge in [0.25, 0.3) is 0 Å². The van der Waals surface area contributed by atoms with Crippen molar-refractivity contribution in [1.29, 1.82) is 0 Å². The number of nitrogens with one attached hydrogen (secondary N) is 1. The first-order chi connectivity index (χ1) is 5.34. The van der Waals surface area contributed by atoms with Gasteiger partial charge in [0.15, 0.2) is 0 Å². The summed E-state index contributed by atoms with van der Waals surface area (Å²) in [6.45, 7) is 2.37. The fourth-order valence-electron chi connectivity index (χ4n) is 3.38.